The fourth-order valence-electron chi connectivity index (χ4n) is 0.0962. The Morgan fingerprint density at radius 1 is 0.857 bits per heavy atom. The Hall–Kier alpha value is -0.773. The maximum absolute atomic E-state index is 9.57. The Kier molecular flexibility index (Phi) is 3.04. The zero-order valence-electron chi connectivity index (χ0n) is 3.53. The summed E-state index contributed by atoms with van der Waals surface area (Å²) in [7, 11) is -2.21. The number of hydrogen-bond donors (Lipinski definition) is 0. The van der Waals surface area contributed by atoms with Crippen molar-refractivity contribution in [1.29, 1.82) is 0 Å². The maximum atomic E-state index is 9.57. The molecule has 0 aromatic rings. The minimum absolute atomic E-state index is 0.431. The molecule has 0 aliphatic carbocycles. The van der Waals surface area contributed by atoms with Gasteiger partial charge in [-0.1, -0.05) is 0 Å². The van der Waals surface area contributed by atoms with Crippen LogP contribution in [0, 0.1) is 0 Å². The minimum Gasteiger partial charge on any atom is -0.308 e. The average Bonchev–Trinajstić information content (AvgIpc) is 1.72. The highest BCUT2D eigenvalue weighted by molar-refractivity contribution is 7.18. The van der Waals surface area contributed by atoms with Crippen LogP contribution in [0.1, 0.15) is 0 Å². The Labute approximate surface area is 41.9 Å². The van der Waals surface area contributed by atoms with Crippen molar-refractivity contribution in [1.82, 2.24) is 0 Å². The second kappa shape index (κ2) is 3.42. The maximum Gasteiger partial charge on any atom is 0.253 e. The van der Waals surface area contributed by atoms with Crippen LogP contribution in [0.25, 0.3) is 0 Å². The van der Waals surface area contributed by atoms with Gasteiger partial charge in [0.25, 0.3) is 8.80 Å². The van der Waals surface area contributed by atoms with Gasteiger partial charge in [0.1, 0.15) is 17.7 Å². The number of hydrogen-bond acceptors (Lipinski definition) is 3. The van der Waals surface area contributed by atoms with Gasteiger partial charge in [0.05, 0.1) is 0 Å². The van der Waals surface area contributed by atoms with Crippen molar-refractivity contribution in [2.45, 2.75) is 0 Å². The molecule has 4 heteroatoms. The molecule has 0 radical (unpaired) electrons. The van der Waals surface area contributed by atoms with Crippen LogP contribution >= 0.6 is 0 Å². The summed E-state index contributed by atoms with van der Waals surface area (Å²) in [5.74, 6) is 1.29. The second-order valence-electron chi connectivity index (χ2n) is 0.986. The van der Waals surface area contributed by atoms with E-state index in [2.05, 4.69) is 0 Å². The Morgan fingerprint density at radius 2 is 1.14 bits per heavy atom. The quantitative estimate of drug-likeness (QED) is 0.334. The third-order valence-corrected chi connectivity index (χ3v) is 1.41. The molecule has 0 rings (SSSR count). The average molecular weight is 116 g/mol. The van der Waals surface area contributed by atoms with Crippen molar-refractivity contribution in [3.63, 3.8) is 0 Å². The summed E-state index contributed by atoms with van der Waals surface area (Å²) in [6.45, 7) is 0. The van der Waals surface area contributed by atoms with Crippen LogP contribution in [0.3, 0.4) is 0 Å². The van der Waals surface area contributed by atoms with E-state index in [1.165, 1.54) is 0 Å². The van der Waals surface area contributed by atoms with Crippen LogP contribution in [-0.4, -0.2) is 26.5 Å². The van der Waals surface area contributed by atoms with Crippen LogP contribution in [0.4, 0.5) is 0 Å². The van der Waals surface area contributed by atoms with Gasteiger partial charge in [-0.2, -0.15) is 0 Å². The summed E-state index contributed by atoms with van der Waals surface area (Å²) in [5.41, 5.74) is 0. The Bertz CT molecular complexity index is 71.2. The topological polar surface area (TPSA) is 51.2 Å². The van der Waals surface area contributed by atoms with Crippen molar-refractivity contribution in [3.05, 3.63) is 0 Å². The first-order valence-electron chi connectivity index (χ1n) is 1.71. The van der Waals surface area contributed by atoms with E-state index in [1.807, 2.05) is 0 Å². The molecule has 0 heterocycles. The normalized spacial score (nSPS) is 8.14. The lowest BCUT2D eigenvalue weighted by Crippen LogP contribution is -2.18. The second-order valence-corrected chi connectivity index (χ2v) is 2.96. The van der Waals surface area contributed by atoms with Crippen LogP contribution in [-0.2, 0) is 14.4 Å². The lowest BCUT2D eigenvalue weighted by atomic mass is 11.7. The van der Waals surface area contributed by atoms with Gasteiger partial charge in [0, 0.05) is 0 Å². The summed E-state index contributed by atoms with van der Waals surface area (Å²) < 4.78 is 0. The predicted molar refractivity (Wildman–Crippen MR) is 27.4 cm³/mol. The van der Waals surface area contributed by atoms with Crippen molar-refractivity contribution >= 4 is 26.5 Å². The molecule has 0 aromatic carbocycles. The first kappa shape index (κ1) is 6.23. The highest BCUT2D eigenvalue weighted by Gasteiger charge is 2.02. The molecule has 0 aliphatic heterocycles. The summed E-state index contributed by atoms with van der Waals surface area (Å²) in [5, 5.41) is 0. The Balaban J connectivity index is 3.57. The smallest absolute Gasteiger partial charge is 0.253 e. The summed E-state index contributed by atoms with van der Waals surface area (Å²) in [6, 6.07) is 0. The van der Waals surface area contributed by atoms with Crippen LogP contribution in [0.15, 0.2) is 0 Å². The summed E-state index contributed by atoms with van der Waals surface area (Å²) in [6.07, 6.45) is 0. The molecule has 0 fully saturated rings. The van der Waals surface area contributed by atoms with Gasteiger partial charge in [-0.05, 0) is 0 Å². The van der Waals surface area contributed by atoms with E-state index in [9.17, 15) is 14.4 Å². The molecular weight excluding hydrogens is 112 g/mol. The molecule has 0 saturated heterocycles. The molecule has 0 N–H and O–H groups in total. The van der Waals surface area contributed by atoms with Gasteiger partial charge >= 0.3 is 0 Å². The van der Waals surface area contributed by atoms with E-state index >= 15 is 0 Å². The van der Waals surface area contributed by atoms with E-state index < -0.39 is 8.80 Å². The van der Waals surface area contributed by atoms with Gasteiger partial charge in [-0.25, -0.2) is 0 Å². The first-order valence-corrected chi connectivity index (χ1v) is 3.71. The van der Waals surface area contributed by atoms with E-state index in [1.54, 1.807) is 0 Å². The third-order valence-electron chi connectivity index (χ3n) is 0.471. The highest BCUT2D eigenvalue weighted by atomic mass is 28.3. The number of carbonyl (C=O) groups excluding carboxylic acids is 3. The van der Waals surface area contributed by atoms with Crippen molar-refractivity contribution in [3.8, 4) is 0 Å². The molecule has 3 nitrogen and oxygen atoms in total. The number of rotatable bonds is 3. The molecule has 0 amide bonds. The molecule has 0 unspecified atom stereocenters. The fraction of sp³-hybridized carbons (Fsp3) is 0. The molecule has 0 atom stereocenters. The predicted octanol–water partition coefficient (Wildman–Crippen LogP) is -1.47. The summed E-state index contributed by atoms with van der Waals surface area (Å²) in [4.78, 5) is 28.7. The molecular formula is C3H4O3Si. The van der Waals surface area contributed by atoms with Crippen LogP contribution < -0.4 is 0 Å². The van der Waals surface area contributed by atoms with Crippen LogP contribution in [0.2, 0.25) is 0 Å². The van der Waals surface area contributed by atoms with Gasteiger partial charge in [0.15, 0.2) is 0 Å². The van der Waals surface area contributed by atoms with Gasteiger partial charge in [-0.15, -0.1) is 0 Å². The number of carbonyl (C=O) groups is 3. The molecule has 0 aliphatic rings. The minimum atomic E-state index is -2.21. The third kappa shape index (κ3) is 1.99. The van der Waals surface area contributed by atoms with E-state index in [-0.39, 0.29) is 0 Å². The van der Waals surface area contributed by atoms with Gasteiger partial charge < -0.3 is 14.4 Å². The van der Waals surface area contributed by atoms with Crippen molar-refractivity contribution in [2.75, 3.05) is 0 Å². The molecule has 7 heavy (non-hydrogen) atoms. The lowest BCUT2D eigenvalue weighted by Gasteiger charge is -1.74. The standard InChI is InChI=1S/C3H4O3Si/c4-1-7(2-5)3-6/h1-3,7H. The summed E-state index contributed by atoms with van der Waals surface area (Å²) >= 11 is 0. The SMILES string of the molecule is O=C[SiH](C=O)C=O. The first-order chi connectivity index (χ1) is 3.35. The van der Waals surface area contributed by atoms with E-state index in [0.717, 1.165) is 0 Å². The zero-order chi connectivity index (χ0) is 5.70. The largest absolute Gasteiger partial charge is 0.308 e. The molecule has 0 spiro atoms. The zero-order valence-corrected chi connectivity index (χ0v) is 4.69. The fourth-order valence-corrected chi connectivity index (χ4v) is 0.289. The van der Waals surface area contributed by atoms with E-state index in [4.69, 9.17) is 0 Å². The molecule has 38 valence electrons. The lowest BCUT2D eigenvalue weighted by molar-refractivity contribution is 0.559. The molecule has 0 bridgehead atoms. The molecule has 0 saturated carbocycles. The van der Waals surface area contributed by atoms with Crippen molar-refractivity contribution in [2.24, 2.45) is 0 Å². The Morgan fingerprint density at radius 3 is 1.14 bits per heavy atom. The van der Waals surface area contributed by atoms with Gasteiger partial charge in [0.2, 0.25) is 0 Å². The monoisotopic (exact) mass is 116 g/mol. The highest BCUT2D eigenvalue weighted by Crippen LogP contribution is 1.57. The van der Waals surface area contributed by atoms with Crippen molar-refractivity contribution < 1.29 is 14.4 Å². The van der Waals surface area contributed by atoms with Crippen LogP contribution in [0.5, 0.6) is 0 Å². The van der Waals surface area contributed by atoms with Gasteiger partial charge in [-0.3, -0.25) is 0 Å². The van der Waals surface area contributed by atoms with E-state index in [0.29, 0.717) is 17.7 Å². The molecule has 0 aromatic heterocycles.